The van der Waals surface area contributed by atoms with Gasteiger partial charge in [0.25, 0.3) is 0 Å². The summed E-state index contributed by atoms with van der Waals surface area (Å²) in [6.45, 7) is 1.19. The Labute approximate surface area is 104 Å². The number of aldehydes is 1. The van der Waals surface area contributed by atoms with Gasteiger partial charge in [-0.1, -0.05) is 12.1 Å². The molecule has 2 nitrogen and oxygen atoms in total. The Morgan fingerprint density at radius 3 is 2.72 bits per heavy atom. The van der Waals surface area contributed by atoms with Gasteiger partial charge in [-0.2, -0.15) is 0 Å². The van der Waals surface area contributed by atoms with Gasteiger partial charge in [-0.05, 0) is 41.0 Å². The highest BCUT2D eigenvalue weighted by molar-refractivity contribution is 5.79. The molecule has 90 valence electrons. The summed E-state index contributed by atoms with van der Waals surface area (Å²) >= 11 is 0. The van der Waals surface area contributed by atoms with Crippen LogP contribution in [0.2, 0.25) is 0 Å². The summed E-state index contributed by atoms with van der Waals surface area (Å²) in [4.78, 5) is 10.7. The SMILES string of the molecule is O=Cc1ccc(F)c(-c2ccc3c(c2)COC3)c1. The number of carbonyl (C=O) groups excluding carboxylic acids is 1. The molecular weight excluding hydrogens is 231 g/mol. The van der Waals surface area contributed by atoms with Crippen molar-refractivity contribution in [3.63, 3.8) is 0 Å². The predicted octanol–water partition coefficient (Wildman–Crippen LogP) is 3.34. The minimum atomic E-state index is -0.320. The third kappa shape index (κ3) is 1.83. The van der Waals surface area contributed by atoms with E-state index >= 15 is 0 Å². The standard InChI is InChI=1S/C15H11FO2/c16-15-4-1-10(7-17)5-14(15)11-2-3-12-8-18-9-13(12)6-11/h1-7H,8-9H2. The molecule has 0 N–H and O–H groups in total. The molecule has 0 radical (unpaired) electrons. The molecular formula is C15H11FO2. The lowest BCUT2D eigenvalue weighted by Gasteiger charge is -2.06. The van der Waals surface area contributed by atoms with Crippen LogP contribution in [-0.4, -0.2) is 6.29 Å². The van der Waals surface area contributed by atoms with Gasteiger partial charge in [-0.15, -0.1) is 0 Å². The van der Waals surface area contributed by atoms with Crippen molar-refractivity contribution >= 4 is 6.29 Å². The molecule has 0 aromatic heterocycles. The van der Waals surface area contributed by atoms with E-state index in [-0.39, 0.29) is 5.82 Å². The third-order valence-corrected chi connectivity index (χ3v) is 3.16. The van der Waals surface area contributed by atoms with Gasteiger partial charge < -0.3 is 4.74 Å². The summed E-state index contributed by atoms with van der Waals surface area (Å²) in [5.41, 5.74) is 3.94. The van der Waals surface area contributed by atoms with Crippen LogP contribution in [0.1, 0.15) is 21.5 Å². The second-order valence-electron chi connectivity index (χ2n) is 4.33. The van der Waals surface area contributed by atoms with E-state index in [2.05, 4.69) is 0 Å². The highest BCUT2D eigenvalue weighted by atomic mass is 19.1. The van der Waals surface area contributed by atoms with Gasteiger partial charge in [-0.3, -0.25) is 4.79 Å². The van der Waals surface area contributed by atoms with E-state index in [4.69, 9.17) is 4.74 Å². The van der Waals surface area contributed by atoms with E-state index in [1.54, 1.807) is 6.07 Å². The molecule has 3 heteroatoms. The summed E-state index contributed by atoms with van der Waals surface area (Å²) in [7, 11) is 0. The molecule has 0 atom stereocenters. The van der Waals surface area contributed by atoms with Crippen LogP contribution in [-0.2, 0) is 18.0 Å². The maximum Gasteiger partial charge on any atom is 0.150 e. The van der Waals surface area contributed by atoms with Crippen molar-refractivity contribution in [2.45, 2.75) is 13.2 Å². The molecule has 0 saturated heterocycles. The number of ether oxygens (including phenoxy) is 1. The molecule has 0 amide bonds. The van der Waals surface area contributed by atoms with Gasteiger partial charge in [0.2, 0.25) is 0 Å². The number of fused-ring (bicyclic) bond motifs is 1. The van der Waals surface area contributed by atoms with Crippen LogP contribution in [0.25, 0.3) is 11.1 Å². The summed E-state index contributed by atoms with van der Waals surface area (Å²) in [5, 5.41) is 0. The van der Waals surface area contributed by atoms with Crippen molar-refractivity contribution in [2.75, 3.05) is 0 Å². The Hall–Kier alpha value is -2.00. The molecule has 3 rings (SSSR count). The van der Waals surface area contributed by atoms with Gasteiger partial charge in [0.1, 0.15) is 12.1 Å². The first-order valence-corrected chi connectivity index (χ1v) is 5.72. The maximum absolute atomic E-state index is 13.8. The van der Waals surface area contributed by atoms with E-state index < -0.39 is 0 Å². The van der Waals surface area contributed by atoms with Crippen molar-refractivity contribution in [1.29, 1.82) is 0 Å². The van der Waals surface area contributed by atoms with Crippen LogP contribution in [0.3, 0.4) is 0 Å². The third-order valence-electron chi connectivity index (χ3n) is 3.16. The molecule has 1 aliphatic heterocycles. The smallest absolute Gasteiger partial charge is 0.150 e. The number of benzene rings is 2. The first-order valence-electron chi connectivity index (χ1n) is 5.72. The molecule has 0 aliphatic carbocycles. The van der Waals surface area contributed by atoms with Crippen molar-refractivity contribution < 1.29 is 13.9 Å². The topological polar surface area (TPSA) is 26.3 Å². The fraction of sp³-hybridized carbons (Fsp3) is 0.133. The summed E-state index contributed by atoms with van der Waals surface area (Å²) < 4.78 is 19.1. The molecule has 0 unspecified atom stereocenters. The number of halogens is 1. The highest BCUT2D eigenvalue weighted by Gasteiger charge is 2.13. The van der Waals surface area contributed by atoms with Gasteiger partial charge in [0.05, 0.1) is 13.2 Å². The predicted molar refractivity (Wildman–Crippen MR) is 65.7 cm³/mol. The van der Waals surface area contributed by atoms with Gasteiger partial charge in [0.15, 0.2) is 0 Å². The second kappa shape index (κ2) is 4.35. The Morgan fingerprint density at radius 1 is 1.06 bits per heavy atom. The van der Waals surface area contributed by atoms with E-state index in [9.17, 15) is 9.18 Å². The van der Waals surface area contributed by atoms with Crippen LogP contribution in [0.5, 0.6) is 0 Å². The Balaban J connectivity index is 2.11. The van der Waals surface area contributed by atoms with Crippen molar-refractivity contribution in [2.24, 2.45) is 0 Å². The maximum atomic E-state index is 13.8. The molecule has 1 heterocycles. The zero-order valence-electron chi connectivity index (χ0n) is 9.65. The zero-order valence-corrected chi connectivity index (χ0v) is 9.65. The van der Waals surface area contributed by atoms with E-state index in [0.717, 1.165) is 23.0 Å². The lowest BCUT2D eigenvalue weighted by atomic mass is 9.99. The Kier molecular flexibility index (Phi) is 2.68. The molecule has 0 spiro atoms. The normalized spacial score (nSPS) is 13.4. The van der Waals surface area contributed by atoms with Gasteiger partial charge in [0, 0.05) is 11.1 Å². The van der Waals surface area contributed by atoms with Crippen molar-refractivity contribution in [3.8, 4) is 11.1 Å². The molecule has 0 fully saturated rings. The summed E-state index contributed by atoms with van der Waals surface area (Å²) in [6.07, 6.45) is 0.722. The minimum absolute atomic E-state index is 0.320. The fourth-order valence-corrected chi connectivity index (χ4v) is 2.18. The van der Waals surface area contributed by atoms with Gasteiger partial charge >= 0.3 is 0 Å². The van der Waals surface area contributed by atoms with E-state index in [1.807, 2.05) is 18.2 Å². The lowest BCUT2D eigenvalue weighted by molar-refractivity contribution is 0.112. The molecule has 18 heavy (non-hydrogen) atoms. The van der Waals surface area contributed by atoms with Crippen LogP contribution in [0, 0.1) is 5.82 Å². The molecule has 0 bridgehead atoms. The molecule has 2 aromatic rings. The number of rotatable bonds is 2. The fourth-order valence-electron chi connectivity index (χ4n) is 2.18. The van der Waals surface area contributed by atoms with Crippen molar-refractivity contribution in [1.82, 2.24) is 0 Å². The monoisotopic (exact) mass is 242 g/mol. The first-order chi connectivity index (χ1) is 8.78. The zero-order chi connectivity index (χ0) is 12.5. The first kappa shape index (κ1) is 11.1. The van der Waals surface area contributed by atoms with Crippen LogP contribution >= 0.6 is 0 Å². The number of hydrogen-bond donors (Lipinski definition) is 0. The number of carbonyl (C=O) groups is 1. The molecule has 1 aliphatic rings. The van der Waals surface area contributed by atoms with E-state index in [1.165, 1.54) is 12.1 Å². The molecule has 2 aromatic carbocycles. The molecule has 0 saturated carbocycles. The van der Waals surface area contributed by atoms with Crippen LogP contribution in [0.4, 0.5) is 4.39 Å². The van der Waals surface area contributed by atoms with Crippen LogP contribution in [0.15, 0.2) is 36.4 Å². The number of hydrogen-bond acceptors (Lipinski definition) is 2. The van der Waals surface area contributed by atoms with E-state index in [0.29, 0.717) is 24.3 Å². The van der Waals surface area contributed by atoms with Crippen LogP contribution < -0.4 is 0 Å². The average Bonchev–Trinajstić information content (AvgIpc) is 2.86. The Morgan fingerprint density at radius 2 is 1.89 bits per heavy atom. The summed E-state index contributed by atoms with van der Waals surface area (Å²) in [6, 6.07) is 10.1. The Bertz CT molecular complexity index is 620. The quantitative estimate of drug-likeness (QED) is 0.755. The average molecular weight is 242 g/mol. The largest absolute Gasteiger partial charge is 0.372 e. The summed E-state index contributed by atoms with van der Waals surface area (Å²) in [5.74, 6) is -0.320. The van der Waals surface area contributed by atoms with Crippen molar-refractivity contribution in [3.05, 3.63) is 58.9 Å². The highest BCUT2D eigenvalue weighted by Crippen LogP contribution is 2.29. The second-order valence-corrected chi connectivity index (χ2v) is 4.33. The van der Waals surface area contributed by atoms with Gasteiger partial charge in [-0.25, -0.2) is 4.39 Å². The minimum Gasteiger partial charge on any atom is -0.372 e. The lowest BCUT2D eigenvalue weighted by Crippen LogP contribution is -1.90.